The first-order chi connectivity index (χ1) is 9.49. The second kappa shape index (κ2) is 4.79. The summed E-state index contributed by atoms with van der Waals surface area (Å²) in [6, 6.07) is 3.23. The molecule has 2 aliphatic heterocycles. The van der Waals surface area contributed by atoms with Gasteiger partial charge in [-0.25, -0.2) is 9.78 Å². The van der Waals surface area contributed by atoms with E-state index in [1.807, 2.05) is 6.92 Å². The van der Waals surface area contributed by atoms with Crippen molar-refractivity contribution in [2.45, 2.75) is 35.2 Å². The first-order valence-electron chi connectivity index (χ1n) is 6.04. The van der Waals surface area contributed by atoms with Crippen molar-refractivity contribution in [2.24, 2.45) is 0 Å². The number of hydrogen-bond donors (Lipinski definition) is 0. The molecule has 0 radical (unpaired) electrons. The van der Waals surface area contributed by atoms with Gasteiger partial charge in [0.15, 0.2) is 0 Å². The van der Waals surface area contributed by atoms with Gasteiger partial charge in [-0.2, -0.15) is 0 Å². The standard InChI is InChI=1S/C12H10Cl2N2O3S/c1-2-5-12-11(14)20-8-6(3-4-7(13)15-8)16(12)9(17)10(18)19-12/h3-4,11H,2,5H2,1H3/t11-,12+/m0/s1. The lowest BCUT2D eigenvalue weighted by atomic mass is 10.1. The normalized spacial score (nSPS) is 28.1. The molecular weight excluding hydrogens is 323 g/mol. The molecule has 106 valence electrons. The summed E-state index contributed by atoms with van der Waals surface area (Å²) in [5, 5.41) is 0.831. The number of thioether (sulfide) groups is 1. The highest BCUT2D eigenvalue weighted by Crippen LogP contribution is 2.52. The molecule has 2 atom stereocenters. The number of pyridine rings is 1. The van der Waals surface area contributed by atoms with Crippen molar-refractivity contribution in [1.82, 2.24) is 4.98 Å². The third-order valence-corrected chi connectivity index (χ3v) is 5.17. The smallest absolute Gasteiger partial charge is 0.399 e. The number of carbonyl (C=O) groups is 2. The zero-order valence-corrected chi connectivity index (χ0v) is 12.8. The summed E-state index contributed by atoms with van der Waals surface area (Å²) in [5.41, 5.74) is -0.627. The average Bonchev–Trinajstić information content (AvgIpc) is 2.64. The highest BCUT2D eigenvalue weighted by atomic mass is 35.5. The summed E-state index contributed by atoms with van der Waals surface area (Å²) in [5.74, 6) is -1.60. The number of fused-ring (bicyclic) bond motifs is 3. The zero-order chi connectivity index (χ0) is 14.5. The Morgan fingerprint density at radius 2 is 2.25 bits per heavy atom. The van der Waals surface area contributed by atoms with Gasteiger partial charge < -0.3 is 4.74 Å². The third-order valence-electron chi connectivity index (χ3n) is 3.25. The van der Waals surface area contributed by atoms with Gasteiger partial charge in [0.25, 0.3) is 0 Å². The van der Waals surface area contributed by atoms with Gasteiger partial charge in [0.2, 0.25) is 5.72 Å². The number of amides is 1. The number of esters is 1. The number of halogens is 2. The van der Waals surface area contributed by atoms with Crippen LogP contribution < -0.4 is 4.90 Å². The van der Waals surface area contributed by atoms with Gasteiger partial charge in [-0.1, -0.05) is 36.7 Å². The van der Waals surface area contributed by atoms with E-state index in [9.17, 15) is 9.59 Å². The number of rotatable bonds is 2. The fourth-order valence-electron chi connectivity index (χ4n) is 2.47. The van der Waals surface area contributed by atoms with E-state index in [1.54, 1.807) is 12.1 Å². The number of aromatic nitrogens is 1. The summed E-state index contributed by atoms with van der Waals surface area (Å²) in [6.45, 7) is 1.94. The molecule has 0 aromatic carbocycles. The van der Waals surface area contributed by atoms with Crippen molar-refractivity contribution < 1.29 is 14.3 Å². The number of hydrogen-bond acceptors (Lipinski definition) is 5. The number of nitrogens with zero attached hydrogens (tertiary/aromatic N) is 2. The van der Waals surface area contributed by atoms with Crippen molar-refractivity contribution in [3.8, 4) is 0 Å². The van der Waals surface area contributed by atoms with E-state index in [2.05, 4.69) is 4.98 Å². The Bertz CT molecular complexity index is 612. The van der Waals surface area contributed by atoms with Crippen LogP contribution in [0.25, 0.3) is 0 Å². The van der Waals surface area contributed by atoms with Crippen molar-refractivity contribution in [3.63, 3.8) is 0 Å². The second-order valence-electron chi connectivity index (χ2n) is 4.52. The van der Waals surface area contributed by atoms with Gasteiger partial charge in [-0.3, -0.25) is 9.69 Å². The van der Waals surface area contributed by atoms with Crippen LogP contribution in [-0.2, 0) is 14.3 Å². The van der Waals surface area contributed by atoms with Crippen LogP contribution in [0.15, 0.2) is 17.2 Å². The number of alkyl halides is 1. The molecule has 0 unspecified atom stereocenters. The van der Waals surface area contributed by atoms with Crippen LogP contribution in [0.1, 0.15) is 19.8 Å². The van der Waals surface area contributed by atoms with Crippen LogP contribution in [0, 0.1) is 0 Å². The van der Waals surface area contributed by atoms with Gasteiger partial charge in [-0.15, -0.1) is 11.6 Å². The van der Waals surface area contributed by atoms with Crippen molar-refractivity contribution in [2.75, 3.05) is 4.90 Å². The molecule has 1 aromatic heterocycles. The Balaban J connectivity index is 2.18. The molecule has 0 spiro atoms. The molecular formula is C12H10Cl2N2O3S. The number of ether oxygens (including phenoxy) is 1. The minimum Gasteiger partial charge on any atom is -0.429 e. The highest BCUT2D eigenvalue weighted by Gasteiger charge is 2.60. The molecule has 1 fully saturated rings. The maximum atomic E-state index is 12.1. The van der Waals surface area contributed by atoms with E-state index in [4.69, 9.17) is 27.9 Å². The van der Waals surface area contributed by atoms with Gasteiger partial charge in [0, 0.05) is 6.42 Å². The SMILES string of the molecule is CCC[C@]12OC(=O)C(=O)N1c1ccc(Cl)nc1S[C@@H]2Cl. The summed E-state index contributed by atoms with van der Waals surface area (Å²) in [6.07, 6.45) is 1.19. The van der Waals surface area contributed by atoms with Crippen molar-refractivity contribution >= 4 is 52.5 Å². The predicted molar refractivity (Wildman–Crippen MR) is 76.0 cm³/mol. The molecule has 0 saturated carbocycles. The lowest BCUT2D eigenvalue weighted by Crippen LogP contribution is -2.54. The molecule has 1 amide bonds. The quantitative estimate of drug-likeness (QED) is 0.360. The number of carbonyl (C=O) groups excluding carboxylic acids is 2. The van der Waals surface area contributed by atoms with E-state index < -0.39 is 22.3 Å². The Labute approximate surface area is 129 Å². The lowest BCUT2D eigenvalue weighted by Gasteiger charge is -2.42. The molecule has 0 bridgehead atoms. The van der Waals surface area contributed by atoms with Crippen LogP contribution >= 0.6 is 35.0 Å². The van der Waals surface area contributed by atoms with Crippen molar-refractivity contribution in [1.29, 1.82) is 0 Å². The van der Waals surface area contributed by atoms with E-state index in [-0.39, 0.29) is 0 Å². The summed E-state index contributed by atoms with van der Waals surface area (Å²) >= 11 is 13.5. The van der Waals surface area contributed by atoms with Crippen LogP contribution in [0.3, 0.4) is 0 Å². The first kappa shape index (κ1) is 14.0. The minimum atomic E-state index is -1.14. The summed E-state index contributed by atoms with van der Waals surface area (Å²) < 4.78 is 4.70. The lowest BCUT2D eigenvalue weighted by molar-refractivity contribution is -0.153. The van der Waals surface area contributed by atoms with Crippen LogP contribution in [0.5, 0.6) is 0 Å². The summed E-state index contributed by atoms with van der Waals surface area (Å²) in [4.78, 5) is 29.3. The first-order valence-corrected chi connectivity index (χ1v) is 7.74. The van der Waals surface area contributed by atoms with E-state index >= 15 is 0 Å². The zero-order valence-electron chi connectivity index (χ0n) is 10.4. The molecule has 0 aliphatic carbocycles. The van der Waals surface area contributed by atoms with Gasteiger partial charge >= 0.3 is 11.9 Å². The maximum Gasteiger partial charge on any atom is 0.399 e. The minimum absolute atomic E-state index is 0.307. The van der Waals surface area contributed by atoms with Gasteiger partial charge in [0.1, 0.15) is 14.9 Å². The molecule has 3 heterocycles. The second-order valence-corrected chi connectivity index (χ2v) is 6.69. The molecule has 5 nitrogen and oxygen atoms in total. The molecule has 0 N–H and O–H groups in total. The Hall–Kier alpha value is -0.980. The Morgan fingerprint density at radius 1 is 1.50 bits per heavy atom. The predicted octanol–water partition coefficient (Wildman–Crippen LogP) is 2.79. The fraction of sp³-hybridized carbons (Fsp3) is 0.417. The van der Waals surface area contributed by atoms with Crippen molar-refractivity contribution in [3.05, 3.63) is 17.3 Å². The average molecular weight is 333 g/mol. The Kier molecular flexibility index (Phi) is 3.35. The van der Waals surface area contributed by atoms with E-state index in [0.717, 1.165) is 6.42 Å². The number of anilines is 1. The molecule has 1 saturated heterocycles. The van der Waals surface area contributed by atoms with Crippen LogP contribution in [0.2, 0.25) is 5.15 Å². The monoisotopic (exact) mass is 332 g/mol. The topological polar surface area (TPSA) is 59.5 Å². The summed E-state index contributed by atoms with van der Waals surface area (Å²) in [7, 11) is 0. The highest BCUT2D eigenvalue weighted by molar-refractivity contribution is 8.01. The van der Waals surface area contributed by atoms with E-state index in [1.165, 1.54) is 16.7 Å². The molecule has 8 heteroatoms. The van der Waals surface area contributed by atoms with E-state index in [0.29, 0.717) is 22.3 Å². The third kappa shape index (κ3) is 1.82. The van der Waals surface area contributed by atoms with Crippen LogP contribution in [-0.4, -0.2) is 27.3 Å². The van der Waals surface area contributed by atoms with Gasteiger partial charge in [0.05, 0.1) is 5.69 Å². The van der Waals surface area contributed by atoms with Gasteiger partial charge in [-0.05, 0) is 12.1 Å². The fourth-order valence-corrected chi connectivity index (χ4v) is 4.25. The molecule has 1 aromatic rings. The molecule has 3 rings (SSSR count). The maximum absolute atomic E-state index is 12.1. The van der Waals surface area contributed by atoms with Crippen LogP contribution in [0.4, 0.5) is 5.69 Å². The Morgan fingerprint density at radius 3 is 2.95 bits per heavy atom. The molecule has 2 aliphatic rings. The largest absolute Gasteiger partial charge is 0.429 e. The molecule has 20 heavy (non-hydrogen) atoms.